The molecule has 0 spiro atoms. The maximum Gasteiger partial charge on any atom is 0.274 e. The topological polar surface area (TPSA) is 60.9 Å². The maximum atomic E-state index is 12.9. The third-order valence-electron chi connectivity index (χ3n) is 5.42. The molecule has 6 nitrogen and oxygen atoms in total. The van der Waals surface area contributed by atoms with E-state index in [1.165, 1.54) is 0 Å². The first-order valence-electron chi connectivity index (χ1n) is 10.8. The van der Waals surface area contributed by atoms with Crippen molar-refractivity contribution in [1.82, 2.24) is 9.88 Å². The molecule has 0 radical (unpaired) electrons. The molecule has 4 rings (SSSR count). The molecule has 0 N–H and O–H groups in total. The number of aromatic nitrogens is 1. The van der Waals surface area contributed by atoms with Gasteiger partial charge in [0.15, 0.2) is 0 Å². The van der Waals surface area contributed by atoms with Gasteiger partial charge in [0.05, 0.1) is 23.9 Å². The highest BCUT2D eigenvalue weighted by molar-refractivity contribution is 7.20. The highest BCUT2D eigenvalue weighted by Crippen LogP contribution is 2.32. The first-order chi connectivity index (χ1) is 15.2. The summed E-state index contributed by atoms with van der Waals surface area (Å²) in [7, 11) is 1.65. The highest BCUT2D eigenvalue weighted by Gasteiger charge is 2.25. The standard InChI is InChI=1S/C24H28N2O4S/c1-3-4-14-29-20-7-5-6-17(15-20)23(27)26-12-10-18(11-13-26)30-24-25-21-16-19(28-2)8-9-22(21)31-24/h5-9,15-16,18H,3-4,10-14H2,1-2H3. The normalized spacial score (nSPS) is 14.6. The van der Waals surface area contributed by atoms with Gasteiger partial charge in [0.25, 0.3) is 11.1 Å². The van der Waals surface area contributed by atoms with Crippen molar-refractivity contribution >= 4 is 27.5 Å². The van der Waals surface area contributed by atoms with Gasteiger partial charge in [-0.1, -0.05) is 30.7 Å². The van der Waals surface area contributed by atoms with Crippen LogP contribution in [0.5, 0.6) is 16.7 Å². The van der Waals surface area contributed by atoms with Crippen LogP contribution in [-0.4, -0.2) is 48.7 Å². The third-order valence-corrected chi connectivity index (χ3v) is 6.35. The van der Waals surface area contributed by atoms with E-state index in [9.17, 15) is 4.79 Å². The summed E-state index contributed by atoms with van der Waals surface area (Å²) >= 11 is 1.54. The molecule has 164 valence electrons. The van der Waals surface area contributed by atoms with Crippen LogP contribution < -0.4 is 14.2 Å². The largest absolute Gasteiger partial charge is 0.497 e. The Morgan fingerprint density at radius 1 is 1.16 bits per heavy atom. The second-order valence-electron chi connectivity index (χ2n) is 7.65. The number of methoxy groups -OCH3 is 1. The number of amides is 1. The number of carbonyl (C=O) groups is 1. The predicted molar refractivity (Wildman–Crippen MR) is 123 cm³/mol. The fourth-order valence-electron chi connectivity index (χ4n) is 3.62. The fraction of sp³-hybridized carbons (Fsp3) is 0.417. The van der Waals surface area contributed by atoms with Crippen LogP contribution in [0.3, 0.4) is 0 Å². The Labute approximate surface area is 186 Å². The number of nitrogens with zero attached hydrogens (tertiary/aromatic N) is 2. The number of hydrogen-bond donors (Lipinski definition) is 0. The zero-order valence-electron chi connectivity index (χ0n) is 18.0. The molecule has 2 aromatic carbocycles. The highest BCUT2D eigenvalue weighted by atomic mass is 32.1. The number of rotatable bonds is 8. The van der Waals surface area contributed by atoms with Crippen LogP contribution in [0.1, 0.15) is 43.0 Å². The van der Waals surface area contributed by atoms with E-state index in [1.54, 1.807) is 18.4 Å². The van der Waals surface area contributed by atoms with E-state index in [-0.39, 0.29) is 12.0 Å². The van der Waals surface area contributed by atoms with Crippen molar-refractivity contribution in [2.24, 2.45) is 0 Å². The maximum absolute atomic E-state index is 12.9. The number of hydrogen-bond acceptors (Lipinski definition) is 6. The van der Waals surface area contributed by atoms with Crippen molar-refractivity contribution in [3.05, 3.63) is 48.0 Å². The molecule has 1 fully saturated rings. The van der Waals surface area contributed by atoms with E-state index in [2.05, 4.69) is 11.9 Å². The van der Waals surface area contributed by atoms with Crippen LogP contribution in [0, 0.1) is 0 Å². The molecule has 1 aliphatic heterocycles. The summed E-state index contributed by atoms with van der Waals surface area (Å²) in [4.78, 5) is 19.4. The Bertz CT molecular complexity index is 1030. The summed E-state index contributed by atoms with van der Waals surface area (Å²) in [6, 6.07) is 13.3. The lowest BCUT2D eigenvalue weighted by atomic mass is 10.1. The van der Waals surface area contributed by atoms with Crippen LogP contribution in [0.25, 0.3) is 10.2 Å². The van der Waals surface area contributed by atoms with Crippen molar-refractivity contribution in [3.8, 4) is 16.7 Å². The number of ether oxygens (including phenoxy) is 3. The molecule has 2 heterocycles. The predicted octanol–water partition coefficient (Wildman–Crippen LogP) is 5.17. The van der Waals surface area contributed by atoms with E-state index in [4.69, 9.17) is 14.2 Å². The fourth-order valence-corrected chi connectivity index (χ4v) is 4.48. The molecule has 1 aliphatic rings. The van der Waals surface area contributed by atoms with Crippen molar-refractivity contribution in [1.29, 1.82) is 0 Å². The van der Waals surface area contributed by atoms with Crippen molar-refractivity contribution < 1.29 is 19.0 Å². The number of thiazole rings is 1. The summed E-state index contributed by atoms with van der Waals surface area (Å²) in [5.41, 5.74) is 1.56. The zero-order chi connectivity index (χ0) is 21.6. The molecule has 1 aromatic heterocycles. The molecule has 0 unspecified atom stereocenters. The van der Waals surface area contributed by atoms with Crippen LogP contribution in [0.15, 0.2) is 42.5 Å². The minimum absolute atomic E-state index is 0.0477. The molecule has 31 heavy (non-hydrogen) atoms. The molecule has 0 aliphatic carbocycles. The number of fused-ring (bicyclic) bond motifs is 1. The van der Waals surface area contributed by atoms with Gasteiger partial charge in [0, 0.05) is 37.6 Å². The summed E-state index contributed by atoms with van der Waals surface area (Å²) in [5.74, 6) is 1.59. The van der Waals surface area contributed by atoms with E-state index in [1.807, 2.05) is 47.4 Å². The van der Waals surface area contributed by atoms with Gasteiger partial charge in [-0.25, -0.2) is 4.98 Å². The summed E-state index contributed by atoms with van der Waals surface area (Å²) < 4.78 is 18.2. The minimum Gasteiger partial charge on any atom is -0.497 e. The number of carbonyl (C=O) groups excluding carboxylic acids is 1. The van der Waals surface area contributed by atoms with Gasteiger partial charge in [0.1, 0.15) is 17.6 Å². The summed E-state index contributed by atoms with van der Waals surface area (Å²) in [6.45, 7) is 4.15. The van der Waals surface area contributed by atoms with Crippen LogP contribution in [-0.2, 0) is 0 Å². The minimum atomic E-state index is 0.0477. The number of piperidine rings is 1. The smallest absolute Gasteiger partial charge is 0.274 e. The van der Waals surface area contributed by atoms with Crippen LogP contribution in [0.4, 0.5) is 0 Å². The van der Waals surface area contributed by atoms with Gasteiger partial charge >= 0.3 is 0 Å². The number of likely N-dealkylation sites (tertiary alicyclic amines) is 1. The molecule has 0 atom stereocenters. The monoisotopic (exact) mass is 440 g/mol. The Morgan fingerprint density at radius 3 is 2.77 bits per heavy atom. The molecule has 1 amide bonds. The average Bonchev–Trinajstić information content (AvgIpc) is 3.21. The van der Waals surface area contributed by atoms with Gasteiger partial charge in [-0.3, -0.25) is 4.79 Å². The van der Waals surface area contributed by atoms with Crippen molar-refractivity contribution in [2.45, 2.75) is 38.7 Å². The summed E-state index contributed by atoms with van der Waals surface area (Å²) in [6.07, 6.45) is 3.74. The van der Waals surface area contributed by atoms with Gasteiger partial charge < -0.3 is 19.1 Å². The molecule has 0 saturated carbocycles. The lowest BCUT2D eigenvalue weighted by Crippen LogP contribution is -2.41. The van der Waals surface area contributed by atoms with E-state index < -0.39 is 0 Å². The Balaban J connectivity index is 1.32. The van der Waals surface area contributed by atoms with Crippen LogP contribution >= 0.6 is 11.3 Å². The van der Waals surface area contributed by atoms with Gasteiger partial charge in [0.2, 0.25) is 0 Å². The molecular formula is C24H28N2O4S. The third kappa shape index (κ3) is 5.28. The van der Waals surface area contributed by atoms with E-state index in [0.29, 0.717) is 30.5 Å². The lowest BCUT2D eigenvalue weighted by molar-refractivity contribution is 0.0595. The summed E-state index contributed by atoms with van der Waals surface area (Å²) in [5, 5.41) is 0.671. The second-order valence-corrected chi connectivity index (χ2v) is 8.65. The Hall–Kier alpha value is -2.80. The quantitative estimate of drug-likeness (QED) is 0.453. The zero-order valence-corrected chi connectivity index (χ0v) is 18.8. The van der Waals surface area contributed by atoms with Crippen LogP contribution in [0.2, 0.25) is 0 Å². The molecule has 0 bridgehead atoms. The molecule has 7 heteroatoms. The SMILES string of the molecule is CCCCOc1cccc(C(=O)N2CCC(Oc3nc4cc(OC)ccc4s3)CC2)c1. The van der Waals surface area contributed by atoms with Gasteiger partial charge in [-0.15, -0.1) is 0 Å². The molecule has 3 aromatic rings. The number of unbranched alkanes of at least 4 members (excludes halogenated alkanes) is 1. The number of benzene rings is 2. The molecule has 1 saturated heterocycles. The van der Waals surface area contributed by atoms with Gasteiger partial charge in [-0.2, -0.15) is 0 Å². The van der Waals surface area contributed by atoms with Crippen molar-refractivity contribution in [3.63, 3.8) is 0 Å². The van der Waals surface area contributed by atoms with Gasteiger partial charge in [-0.05, 0) is 36.8 Å². The first kappa shape index (κ1) is 21.4. The Kier molecular flexibility index (Phi) is 6.92. The Morgan fingerprint density at radius 2 is 2.00 bits per heavy atom. The van der Waals surface area contributed by atoms with E-state index >= 15 is 0 Å². The van der Waals surface area contributed by atoms with Crippen molar-refractivity contribution in [2.75, 3.05) is 26.8 Å². The second kappa shape index (κ2) is 10.0. The first-order valence-corrected chi connectivity index (χ1v) is 11.6. The average molecular weight is 441 g/mol. The lowest BCUT2D eigenvalue weighted by Gasteiger charge is -2.31. The molecular weight excluding hydrogens is 412 g/mol. The van der Waals surface area contributed by atoms with E-state index in [0.717, 1.165) is 47.4 Å².